The van der Waals surface area contributed by atoms with Gasteiger partial charge in [-0.1, -0.05) is 219 Å². The molecule has 4 heteroatoms. The average molecular weight is 679 g/mol. The van der Waals surface area contributed by atoms with Gasteiger partial charge in [-0.2, -0.15) is 0 Å². The molecule has 0 aromatic heterocycles. The maximum atomic E-state index is 12.6. The van der Waals surface area contributed by atoms with Crippen molar-refractivity contribution < 1.29 is 19.4 Å². The van der Waals surface area contributed by atoms with Gasteiger partial charge in [0.25, 0.3) is 0 Å². The Morgan fingerprint density at radius 1 is 0.375 bits per heavy atom. The molecule has 1 atom stereocenters. The number of carboxylic acid groups (broad SMARTS) is 1. The summed E-state index contributed by atoms with van der Waals surface area (Å²) in [5.74, 6) is -0.843. The van der Waals surface area contributed by atoms with Crippen LogP contribution in [-0.2, 0) is 14.3 Å². The first-order valence-electron chi connectivity index (χ1n) is 22.0. The Bertz CT molecular complexity index is 648. The Kier molecular flexibility index (Phi) is 39.5. The molecule has 0 radical (unpaired) electrons. The Morgan fingerprint density at radius 2 is 0.646 bits per heavy atom. The van der Waals surface area contributed by atoms with Crippen molar-refractivity contribution in [1.29, 1.82) is 0 Å². The molecule has 1 N–H and O–H groups in total. The molecule has 0 fully saturated rings. The molecule has 0 amide bonds. The summed E-state index contributed by atoms with van der Waals surface area (Å²) in [6.07, 6.45) is 48.5. The summed E-state index contributed by atoms with van der Waals surface area (Å²) in [6, 6.07) is 0. The lowest BCUT2D eigenvalue weighted by atomic mass is 10.0. The first-order valence-corrected chi connectivity index (χ1v) is 22.0. The smallest absolute Gasteiger partial charge is 0.306 e. The van der Waals surface area contributed by atoms with E-state index in [4.69, 9.17) is 9.84 Å². The second-order valence-electron chi connectivity index (χ2n) is 15.3. The SMILES string of the molecule is CCCCCCCCCCCCCCCCCCCC(=O)OC(CCCCCCCCCCCCCCCCCCC)CCCC(=O)O. The second kappa shape index (κ2) is 40.4. The van der Waals surface area contributed by atoms with Gasteiger partial charge in [0.15, 0.2) is 0 Å². The number of hydrogen-bond acceptors (Lipinski definition) is 3. The number of carbonyl (C=O) groups is 2. The highest BCUT2D eigenvalue weighted by atomic mass is 16.5. The van der Waals surface area contributed by atoms with Crippen LogP contribution in [0.1, 0.15) is 264 Å². The van der Waals surface area contributed by atoms with Gasteiger partial charge in [-0.25, -0.2) is 0 Å². The molecule has 0 aromatic carbocycles. The van der Waals surface area contributed by atoms with Crippen molar-refractivity contribution in [1.82, 2.24) is 0 Å². The molecular formula is C44H86O4. The molecule has 0 saturated carbocycles. The summed E-state index contributed by atoms with van der Waals surface area (Å²) < 4.78 is 5.86. The van der Waals surface area contributed by atoms with Crippen molar-refractivity contribution in [3.05, 3.63) is 0 Å². The Labute approximate surface area is 301 Å². The maximum Gasteiger partial charge on any atom is 0.306 e. The van der Waals surface area contributed by atoms with Crippen LogP contribution in [0.2, 0.25) is 0 Å². The third-order valence-electron chi connectivity index (χ3n) is 10.3. The maximum absolute atomic E-state index is 12.6. The van der Waals surface area contributed by atoms with Crippen LogP contribution < -0.4 is 0 Å². The topological polar surface area (TPSA) is 63.6 Å². The van der Waals surface area contributed by atoms with Crippen LogP contribution in [0.5, 0.6) is 0 Å². The van der Waals surface area contributed by atoms with E-state index in [0.717, 1.165) is 25.7 Å². The monoisotopic (exact) mass is 679 g/mol. The summed E-state index contributed by atoms with van der Waals surface area (Å²) in [5.41, 5.74) is 0. The van der Waals surface area contributed by atoms with Crippen LogP contribution in [0.4, 0.5) is 0 Å². The molecule has 0 aromatic rings. The number of esters is 1. The van der Waals surface area contributed by atoms with Gasteiger partial charge in [-0.05, 0) is 32.1 Å². The molecule has 48 heavy (non-hydrogen) atoms. The van der Waals surface area contributed by atoms with Gasteiger partial charge in [-0.15, -0.1) is 0 Å². The predicted molar refractivity (Wildman–Crippen MR) is 209 cm³/mol. The van der Waals surface area contributed by atoms with Gasteiger partial charge in [0.1, 0.15) is 6.10 Å². The number of aliphatic carboxylic acids is 1. The number of carboxylic acids is 1. The first kappa shape index (κ1) is 46.9. The summed E-state index contributed by atoms with van der Waals surface area (Å²) in [4.78, 5) is 23.6. The summed E-state index contributed by atoms with van der Waals surface area (Å²) in [7, 11) is 0. The third kappa shape index (κ3) is 39.4. The van der Waals surface area contributed by atoms with Crippen molar-refractivity contribution in [2.75, 3.05) is 0 Å². The van der Waals surface area contributed by atoms with E-state index < -0.39 is 5.97 Å². The van der Waals surface area contributed by atoms with Gasteiger partial charge in [-0.3, -0.25) is 9.59 Å². The van der Waals surface area contributed by atoms with Crippen LogP contribution in [0.15, 0.2) is 0 Å². The summed E-state index contributed by atoms with van der Waals surface area (Å²) >= 11 is 0. The Balaban J connectivity index is 3.71. The van der Waals surface area contributed by atoms with Crippen molar-refractivity contribution in [3.63, 3.8) is 0 Å². The molecule has 0 rings (SSSR count). The lowest BCUT2D eigenvalue weighted by molar-refractivity contribution is -0.150. The van der Waals surface area contributed by atoms with Crippen LogP contribution in [0, 0.1) is 0 Å². The lowest BCUT2D eigenvalue weighted by Gasteiger charge is -2.18. The quantitative estimate of drug-likeness (QED) is 0.0516. The second-order valence-corrected chi connectivity index (χ2v) is 15.3. The van der Waals surface area contributed by atoms with E-state index in [2.05, 4.69) is 13.8 Å². The van der Waals surface area contributed by atoms with E-state index in [-0.39, 0.29) is 18.5 Å². The van der Waals surface area contributed by atoms with Crippen LogP contribution in [0.3, 0.4) is 0 Å². The molecular weight excluding hydrogens is 592 g/mol. The normalized spacial score (nSPS) is 12.0. The van der Waals surface area contributed by atoms with Gasteiger partial charge < -0.3 is 9.84 Å². The van der Waals surface area contributed by atoms with E-state index in [0.29, 0.717) is 19.3 Å². The van der Waals surface area contributed by atoms with Gasteiger partial charge >= 0.3 is 11.9 Å². The van der Waals surface area contributed by atoms with E-state index in [1.54, 1.807) is 0 Å². The molecule has 4 nitrogen and oxygen atoms in total. The van der Waals surface area contributed by atoms with Crippen molar-refractivity contribution in [2.24, 2.45) is 0 Å². The van der Waals surface area contributed by atoms with Gasteiger partial charge in [0, 0.05) is 12.8 Å². The largest absolute Gasteiger partial charge is 0.481 e. The minimum atomic E-state index is -0.763. The zero-order valence-electron chi connectivity index (χ0n) is 32.8. The predicted octanol–water partition coefficient (Wildman–Crippen LogP) is 15.2. The van der Waals surface area contributed by atoms with E-state index in [9.17, 15) is 9.59 Å². The third-order valence-corrected chi connectivity index (χ3v) is 10.3. The fraction of sp³-hybridized carbons (Fsp3) is 0.955. The molecule has 1 unspecified atom stereocenters. The number of unbranched alkanes of at least 4 members (excludes halogenated alkanes) is 32. The minimum Gasteiger partial charge on any atom is -0.481 e. The number of hydrogen-bond donors (Lipinski definition) is 1. The number of rotatable bonds is 41. The average Bonchev–Trinajstić information content (AvgIpc) is 3.07. The molecule has 0 heterocycles. The Morgan fingerprint density at radius 3 is 0.958 bits per heavy atom. The molecule has 0 aliphatic rings. The molecule has 0 saturated heterocycles. The first-order chi connectivity index (χ1) is 23.6. The van der Waals surface area contributed by atoms with E-state index in [1.165, 1.54) is 199 Å². The lowest BCUT2D eigenvalue weighted by Crippen LogP contribution is -2.18. The van der Waals surface area contributed by atoms with Crippen molar-refractivity contribution in [2.45, 2.75) is 270 Å². The highest BCUT2D eigenvalue weighted by Gasteiger charge is 2.15. The van der Waals surface area contributed by atoms with Crippen LogP contribution >= 0.6 is 0 Å². The van der Waals surface area contributed by atoms with E-state index in [1.807, 2.05) is 0 Å². The highest BCUT2D eigenvalue weighted by Crippen LogP contribution is 2.19. The number of ether oxygens (including phenoxy) is 1. The fourth-order valence-electron chi connectivity index (χ4n) is 7.08. The van der Waals surface area contributed by atoms with Crippen molar-refractivity contribution >= 4 is 11.9 Å². The summed E-state index contributed by atoms with van der Waals surface area (Å²) in [6.45, 7) is 4.57. The van der Waals surface area contributed by atoms with Gasteiger partial charge in [0.2, 0.25) is 0 Å². The van der Waals surface area contributed by atoms with Crippen molar-refractivity contribution in [3.8, 4) is 0 Å². The fourth-order valence-corrected chi connectivity index (χ4v) is 7.08. The van der Waals surface area contributed by atoms with Gasteiger partial charge in [0.05, 0.1) is 0 Å². The zero-order valence-corrected chi connectivity index (χ0v) is 32.8. The zero-order chi connectivity index (χ0) is 35.0. The number of carbonyl (C=O) groups excluding carboxylic acids is 1. The standard InChI is InChI=1S/C44H86O4/c1-3-5-7-9-11-13-15-17-19-21-23-25-27-29-31-33-35-38-42(39-37-40-43(45)46)48-44(47)41-36-34-32-30-28-26-24-22-20-18-16-14-12-10-8-6-4-2/h42H,3-41H2,1-2H3,(H,45,46). The molecule has 0 aliphatic heterocycles. The molecule has 0 spiro atoms. The summed E-state index contributed by atoms with van der Waals surface area (Å²) in [5, 5.41) is 9.05. The minimum absolute atomic E-state index is 0.0803. The van der Waals surface area contributed by atoms with E-state index >= 15 is 0 Å². The van der Waals surface area contributed by atoms with Crippen LogP contribution in [-0.4, -0.2) is 23.1 Å². The molecule has 0 aliphatic carbocycles. The highest BCUT2D eigenvalue weighted by molar-refractivity contribution is 5.69. The Hall–Kier alpha value is -1.06. The molecule has 286 valence electrons. The van der Waals surface area contributed by atoms with Crippen LogP contribution in [0.25, 0.3) is 0 Å². The molecule has 0 bridgehead atoms.